The Bertz CT molecular complexity index is 683. The predicted molar refractivity (Wildman–Crippen MR) is 81.3 cm³/mol. The monoisotopic (exact) mass is 317 g/mol. The number of likely N-dealkylation sites (N-methyl/N-ethyl adjacent to an activating group) is 1. The zero-order valence-electron chi connectivity index (χ0n) is 12.5. The van der Waals surface area contributed by atoms with Crippen molar-refractivity contribution < 1.29 is 23.8 Å². The summed E-state index contributed by atoms with van der Waals surface area (Å²) in [6.07, 6.45) is 0. The molecule has 0 aromatic heterocycles. The van der Waals surface area contributed by atoms with Crippen molar-refractivity contribution in [2.45, 2.75) is 6.54 Å². The minimum atomic E-state index is -0.645. The third-order valence-corrected chi connectivity index (χ3v) is 3.19. The first-order chi connectivity index (χ1) is 11.0. The average Bonchev–Trinajstić information content (AvgIpc) is 2.55. The minimum absolute atomic E-state index is 0.0386. The van der Waals surface area contributed by atoms with Gasteiger partial charge >= 0.3 is 5.97 Å². The molecule has 0 saturated heterocycles. The molecule has 0 bridgehead atoms. The number of ether oxygens (including phenoxy) is 1. The van der Waals surface area contributed by atoms with E-state index in [1.165, 1.54) is 41.3 Å². The zero-order valence-corrected chi connectivity index (χ0v) is 12.5. The van der Waals surface area contributed by atoms with E-state index in [9.17, 15) is 14.0 Å². The fourth-order valence-corrected chi connectivity index (χ4v) is 1.87. The van der Waals surface area contributed by atoms with Crippen LogP contribution in [-0.2, 0) is 16.1 Å². The number of rotatable bonds is 5. The van der Waals surface area contributed by atoms with E-state index >= 15 is 0 Å². The van der Waals surface area contributed by atoms with Gasteiger partial charge in [0.05, 0.1) is 5.56 Å². The van der Waals surface area contributed by atoms with E-state index in [-0.39, 0.29) is 29.6 Å². The fraction of sp³-hybridized carbons (Fsp3) is 0.176. The van der Waals surface area contributed by atoms with Crippen LogP contribution in [0, 0.1) is 5.82 Å². The van der Waals surface area contributed by atoms with Crippen LogP contribution >= 0.6 is 0 Å². The van der Waals surface area contributed by atoms with Gasteiger partial charge in [-0.1, -0.05) is 12.1 Å². The maximum absolute atomic E-state index is 12.8. The molecule has 0 spiro atoms. The molecule has 1 N–H and O–H groups in total. The van der Waals surface area contributed by atoms with Crippen LogP contribution in [0.3, 0.4) is 0 Å². The summed E-state index contributed by atoms with van der Waals surface area (Å²) in [6, 6.07) is 11.3. The second kappa shape index (κ2) is 7.40. The summed E-state index contributed by atoms with van der Waals surface area (Å²) in [4.78, 5) is 25.1. The second-order valence-electron chi connectivity index (χ2n) is 5.00. The number of halogens is 1. The molecule has 0 unspecified atom stereocenters. The van der Waals surface area contributed by atoms with Crippen LogP contribution in [0.5, 0.6) is 5.75 Å². The standard InChI is InChI=1S/C17H16FNO4/c1-19(10-12-2-6-14(18)7-3-12)16(21)11-23-17(22)13-4-8-15(20)9-5-13/h2-9,20H,10-11H2,1H3. The van der Waals surface area contributed by atoms with E-state index in [0.29, 0.717) is 0 Å². The first kappa shape index (κ1) is 16.5. The van der Waals surface area contributed by atoms with Gasteiger partial charge < -0.3 is 14.7 Å². The third kappa shape index (κ3) is 4.81. The van der Waals surface area contributed by atoms with Gasteiger partial charge in [-0.05, 0) is 42.0 Å². The van der Waals surface area contributed by atoms with E-state index in [2.05, 4.69) is 0 Å². The predicted octanol–water partition coefficient (Wildman–Crippen LogP) is 2.35. The van der Waals surface area contributed by atoms with Crippen LogP contribution in [0.15, 0.2) is 48.5 Å². The number of phenols is 1. The van der Waals surface area contributed by atoms with Gasteiger partial charge in [0.25, 0.3) is 5.91 Å². The van der Waals surface area contributed by atoms with Gasteiger partial charge in [0, 0.05) is 13.6 Å². The van der Waals surface area contributed by atoms with Crippen LogP contribution in [0.4, 0.5) is 4.39 Å². The van der Waals surface area contributed by atoms with Gasteiger partial charge in [0.15, 0.2) is 6.61 Å². The van der Waals surface area contributed by atoms with Crippen molar-refractivity contribution in [1.29, 1.82) is 0 Å². The highest BCUT2D eigenvalue weighted by Gasteiger charge is 2.14. The van der Waals surface area contributed by atoms with E-state index < -0.39 is 12.6 Å². The number of phenolic OH excluding ortho intramolecular Hbond substituents is 1. The Balaban J connectivity index is 1.84. The van der Waals surface area contributed by atoms with Crippen molar-refractivity contribution >= 4 is 11.9 Å². The van der Waals surface area contributed by atoms with Gasteiger partial charge in [0.1, 0.15) is 11.6 Å². The summed E-state index contributed by atoms with van der Waals surface area (Å²) in [5, 5.41) is 9.15. The summed E-state index contributed by atoms with van der Waals surface area (Å²) in [5.41, 5.74) is 1.02. The lowest BCUT2D eigenvalue weighted by molar-refractivity contribution is -0.133. The molecule has 2 aromatic carbocycles. The van der Waals surface area contributed by atoms with Crippen LogP contribution in [0.1, 0.15) is 15.9 Å². The normalized spacial score (nSPS) is 10.2. The lowest BCUT2D eigenvalue weighted by atomic mass is 10.2. The highest BCUT2D eigenvalue weighted by molar-refractivity contribution is 5.91. The topological polar surface area (TPSA) is 66.8 Å². The van der Waals surface area contributed by atoms with Gasteiger partial charge in [-0.2, -0.15) is 0 Å². The summed E-state index contributed by atoms with van der Waals surface area (Å²) in [7, 11) is 1.57. The smallest absolute Gasteiger partial charge is 0.338 e. The Morgan fingerprint density at radius 2 is 1.70 bits per heavy atom. The van der Waals surface area contributed by atoms with Crippen molar-refractivity contribution in [2.75, 3.05) is 13.7 Å². The number of hydrogen-bond donors (Lipinski definition) is 1. The molecule has 120 valence electrons. The lowest BCUT2D eigenvalue weighted by Crippen LogP contribution is -2.30. The number of esters is 1. The molecule has 1 amide bonds. The number of hydrogen-bond acceptors (Lipinski definition) is 4. The van der Waals surface area contributed by atoms with Gasteiger partial charge in [-0.25, -0.2) is 9.18 Å². The Morgan fingerprint density at radius 3 is 2.30 bits per heavy atom. The molecule has 23 heavy (non-hydrogen) atoms. The average molecular weight is 317 g/mol. The Morgan fingerprint density at radius 1 is 1.09 bits per heavy atom. The Kier molecular flexibility index (Phi) is 5.30. The zero-order chi connectivity index (χ0) is 16.8. The number of benzene rings is 2. The highest BCUT2D eigenvalue weighted by Crippen LogP contribution is 2.11. The number of carbonyl (C=O) groups is 2. The molecule has 5 nitrogen and oxygen atoms in total. The lowest BCUT2D eigenvalue weighted by Gasteiger charge is -2.17. The molecule has 6 heteroatoms. The molecule has 0 aliphatic heterocycles. The molecule has 0 radical (unpaired) electrons. The molecule has 0 aliphatic carbocycles. The third-order valence-electron chi connectivity index (χ3n) is 3.19. The van der Waals surface area contributed by atoms with E-state index in [1.54, 1.807) is 19.2 Å². The van der Waals surface area contributed by atoms with E-state index in [4.69, 9.17) is 9.84 Å². The molecule has 0 atom stereocenters. The number of amides is 1. The van der Waals surface area contributed by atoms with Crippen LogP contribution in [0.2, 0.25) is 0 Å². The summed E-state index contributed by atoms with van der Waals surface area (Å²) >= 11 is 0. The van der Waals surface area contributed by atoms with E-state index in [1.807, 2.05) is 0 Å². The van der Waals surface area contributed by atoms with Crippen molar-refractivity contribution in [3.8, 4) is 5.75 Å². The SMILES string of the molecule is CN(Cc1ccc(F)cc1)C(=O)COC(=O)c1ccc(O)cc1. The molecule has 0 aliphatic rings. The van der Waals surface area contributed by atoms with Gasteiger partial charge in [-0.3, -0.25) is 4.79 Å². The molecule has 0 saturated carbocycles. The molecule has 0 heterocycles. The first-order valence-corrected chi connectivity index (χ1v) is 6.90. The van der Waals surface area contributed by atoms with Crippen LogP contribution in [-0.4, -0.2) is 35.5 Å². The van der Waals surface area contributed by atoms with E-state index in [0.717, 1.165) is 5.56 Å². The van der Waals surface area contributed by atoms with Crippen molar-refractivity contribution in [3.05, 3.63) is 65.5 Å². The molecule has 2 rings (SSSR count). The second-order valence-corrected chi connectivity index (χ2v) is 5.00. The van der Waals surface area contributed by atoms with Gasteiger partial charge in [0.2, 0.25) is 0 Å². The highest BCUT2D eigenvalue weighted by atomic mass is 19.1. The van der Waals surface area contributed by atoms with Gasteiger partial charge in [-0.15, -0.1) is 0 Å². The maximum Gasteiger partial charge on any atom is 0.338 e. The van der Waals surface area contributed by atoms with Crippen molar-refractivity contribution in [2.24, 2.45) is 0 Å². The minimum Gasteiger partial charge on any atom is -0.508 e. The summed E-state index contributed by atoms with van der Waals surface area (Å²) in [5.74, 6) is -1.32. The van der Waals surface area contributed by atoms with Crippen LogP contribution in [0.25, 0.3) is 0 Å². The van der Waals surface area contributed by atoms with Crippen molar-refractivity contribution in [3.63, 3.8) is 0 Å². The molecule has 0 fully saturated rings. The number of aromatic hydroxyl groups is 1. The quantitative estimate of drug-likeness (QED) is 0.860. The Hall–Kier alpha value is -2.89. The van der Waals surface area contributed by atoms with Crippen molar-refractivity contribution in [1.82, 2.24) is 4.90 Å². The fourth-order valence-electron chi connectivity index (χ4n) is 1.87. The number of nitrogens with zero attached hydrogens (tertiary/aromatic N) is 1. The maximum atomic E-state index is 12.8. The molecular formula is C17H16FNO4. The largest absolute Gasteiger partial charge is 0.508 e. The molecule has 2 aromatic rings. The summed E-state index contributed by atoms with van der Waals surface area (Å²) < 4.78 is 17.8. The number of carbonyl (C=O) groups excluding carboxylic acids is 2. The Labute approximate surface area is 132 Å². The molecular weight excluding hydrogens is 301 g/mol. The first-order valence-electron chi connectivity index (χ1n) is 6.90. The van der Waals surface area contributed by atoms with Crippen LogP contribution < -0.4 is 0 Å². The summed E-state index contributed by atoms with van der Waals surface area (Å²) in [6.45, 7) is -0.104.